The quantitative estimate of drug-likeness (QED) is 0.598. The summed E-state index contributed by atoms with van der Waals surface area (Å²) in [6.45, 7) is 6.93. The van der Waals surface area contributed by atoms with Gasteiger partial charge in [-0.2, -0.15) is 5.10 Å². The maximum absolute atomic E-state index is 13.1. The molecular weight excluding hydrogens is 442 g/mol. The van der Waals surface area contributed by atoms with Crippen molar-refractivity contribution in [3.63, 3.8) is 0 Å². The number of hydrogen-bond donors (Lipinski definition) is 1. The minimum absolute atomic E-state index is 0.0312. The molecule has 1 amide bonds. The second-order valence-corrected chi connectivity index (χ2v) is 8.36. The molecule has 2 aliphatic heterocycles. The zero-order chi connectivity index (χ0) is 22.8. The second-order valence-electron chi connectivity index (χ2n) is 7.95. The average Bonchev–Trinajstić information content (AvgIpc) is 3.49. The van der Waals surface area contributed by atoms with Crippen molar-refractivity contribution in [1.29, 1.82) is 0 Å². The third-order valence-corrected chi connectivity index (χ3v) is 6.21. The lowest BCUT2D eigenvalue weighted by Gasteiger charge is -2.36. The lowest BCUT2D eigenvalue weighted by atomic mass is 10.2. The fourth-order valence-corrected chi connectivity index (χ4v) is 4.42. The molecule has 172 valence electrons. The largest absolute Gasteiger partial charge is 0.492 e. The Morgan fingerprint density at radius 1 is 1.21 bits per heavy atom. The first kappa shape index (κ1) is 21.5. The van der Waals surface area contributed by atoms with Crippen LogP contribution in [0, 0.1) is 0 Å². The number of aromatic nitrogens is 3. The molecule has 1 N–H and O–H groups in total. The third kappa shape index (κ3) is 4.32. The Kier molecular flexibility index (Phi) is 6.04. The van der Waals surface area contributed by atoms with E-state index in [1.165, 1.54) is 0 Å². The van der Waals surface area contributed by atoms with Gasteiger partial charge in [-0.05, 0) is 31.2 Å². The number of rotatable bonds is 6. The summed E-state index contributed by atoms with van der Waals surface area (Å²) in [6.07, 6.45) is 1.72. The van der Waals surface area contributed by atoms with Crippen LogP contribution in [0.5, 0.6) is 5.75 Å². The highest BCUT2D eigenvalue weighted by Crippen LogP contribution is 2.30. The second kappa shape index (κ2) is 9.27. The molecule has 2 aromatic heterocycles. The number of halogens is 1. The molecule has 0 unspecified atom stereocenters. The number of aliphatic imine (C=N–C) groups is 1. The lowest BCUT2D eigenvalue weighted by Crippen LogP contribution is -2.49. The maximum atomic E-state index is 13.1. The highest BCUT2D eigenvalue weighted by atomic mass is 35.5. The van der Waals surface area contributed by atoms with Crippen LogP contribution in [-0.4, -0.2) is 77.3 Å². The number of nitrogens with one attached hydrogen (secondary N) is 1. The molecule has 4 heterocycles. The van der Waals surface area contributed by atoms with E-state index in [2.05, 4.69) is 25.3 Å². The number of pyridine rings is 1. The third-order valence-electron chi connectivity index (χ3n) is 5.90. The minimum Gasteiger partial charge on any atom is -0.492 e. The molecule has 1 fully saturated rings. The number of nitrogens with zero attached hydrogens (tertiary/aromatic N) is 6. The highest BCUT2D eigenvalue weighted by molar-refractivity contribution is 6.32. The first-order chi connectivity index (χ1) is 16.1. The molecule has 1 saturated heterocycles. The van der Waals surface area contributed by atoms with Gasteiger partial charge >= 0.3 is 0 Å². The van der Waals surface area contributed by atoms with Gasteiger partial charge in [-0.1, -0.05) is 11.6 Å². The Bertz CT molecular complexity index is 1200. The van der Waals surface area contributed by atoms with Gasteiger partial charge < -0.3 is 19.9 Å². The van der Waals surface area contributed by atoms with E-state index in [0.29, 0.717) is 36.1 Å². The van der Waals surface area contributed by atoms with Gasteiger partial charge in [0, 0.05) is 50.7 Å². The summed E-state index contributed by atoms with van der Waals surface area (Å²) in [7, 11) is 0. The van der Waals surface area contributed by atoms with Crippen LogP contribution in [0.4, 0.5) is 5.69 Å². The predicted molar refractivity (Wildman–Crippen MR) is 128 cm³/mol. The van der Waals surface area contributed by atoms with Gasteiger partial charge in [-0.15, -0.1) is 0 Å². The van der Waals surface area contributed by atoms with Crippen molar-refractivity contribution in [2.45, 2.75) is 13.5 Å². The van der Waals surface area contributed by atoms with E-state index in [4.69, 9.17) is 16.3 Å². The Labute approximate surface area is 197 Å². The van der Waals surface area contributed by atoms with E-state index in [-0.39, 0.29) is 12.5 Å². The van der Waals surface area contributed by atoms with Crippen LogP contribution in [0.15, 0.2) is 41.5 Å². The van der Waals surface area contributed by atoms with Gasteiger partial charge in [-0.25, -0.2) is 9.67 Å². The Morgan fingerprint density at radius 3 is 2.82 bits per heavy atom. The van der Waals surface area contributed by atoms with E-state index in [1.807, 2.05) is 42.2 Å². The van der Waals surface area contributed by atoms with Gasteiger partial charge in [0.25, 0.3) is 0 Å². The molecule has 3 aromatic rings. The van der Waals surface area contributed by atoms with Gasteiger partial charge in [0.1, 0.15) is 23.8 Å². The number of carbonyl (C=O) groups excluding carboxylic acids is 1. The smallest absolute Gasteiger partial charge is 0.244 e. The molecule has 0 radical (unpaired) electrons. The topological polar surface area (TPSA) is 87.9 Å². The summed E-state index contributed by atoms with van der Waals surface area (Å²) >= 11 is 6.22. The van der Waals surface area contributed by atoms with E-state index in [9.17, 15) is 4.79 Å². The molecule has 1 aromatic carbocycles. The molecule has 10 heteroatoms. The Balaban J connectivity index is 1.27. The number of anilines is 1. The number of benzene rings is 1. The molecule has 0 saturated carbocycles. The van der Waals surface area contributed by atoms with Gasteiger partial charge in [0.05, 0.1) is 23.6 Å². The van der Waals surface area contributed by atoms with Crippen molar-refractivity contribution < 1.29 is 9.53 Å². The van der Waals surface area contributed by atoms with Crippen molar-refractivity contribution in [2.24, 2.45) is 4.99 Å². The van der Waals surface area contributed by atoms with Crippen LogP contribution < -0.4 is 15.0 Å². The summed E-state index contributed by atoms with van der Waals surface area (Å²) < 4.78 is 7.31. The zero-order valence-electron chi connectivity index (χ0n) is 18.5. The predicted octanol–water partition coefficient (Wildman–Crippen LogP) is 2.18. The highest BCUT2D eigenvalue weighted by Gasteiger charge is 2.24. The van der Waals surface area contributed by atoms with Crippen molar-refractivity contribution in [1.82, 2.24) is 25.0 Å². The molecule has 9 nitrogen and oxygen atoms in total. The average molecular weight is 468 g/mol. The normalized spacial score (nSPS) is 16.1. The Hall–Kier alpha value is -3.33. The molecule has 0 bridgehead atoms. The number of hydrogen-bond acceptors (Lipinski definition) is 7. The monoisotopic (exact) mass is 467 g/mol. The van der Waals surface area contributed by atoms with E-state index >= 15 is 0 Å². The molecule has 0 aliphatic carbocycles. The molecule has 2 aliphatic rings. The molecule has 33 heavy (non-hydrogen) atoms. The fourth-order valence-electron chi connectivity index (χ4n) is 4.25. The van der Waals surface area contributed by atoms with Crippen molar-refractivity contribution >= 4 is 40.1 Å². The minimum atomic E-state index is 0.0312. The summed E-state index contributed by atoms with van der Waals surface area (Å²) in [5.41, 5.74) is 2.49. The number of amides is 1. The van der Waals surface area contributed by atoms with Crippen LogP contribution in [0.3, 0.4) is 0 Å². The fraction of sp³-hybridized carbons (Fsp3) is 0.391. The van der Waals surface area contributed by atoms with Crippen LogP contribution in [-0.2, 0) is 11.3 Å². The van der Waals surface area contributed by atoms with E-state index in [0.717, 1.165) is 48.8 Å². The van der Waals surface area contributed by atoms with Crippen LogP contribution >= 0.6 is 11.6 Å². The standard InChI is InChI=1S/C23H26ClN7O2/c1-2-33-19-14-16(5-6-18(19)24)29-10-12-30(13-11-29)20(32)15-31-23-17(4-3-7-27-23)21(28-31)22-25-8-9-26-22/h3-7,14H,2,8-13,15H2,1H3,(H,25,26). The molecule has 0 spiro atoms. The Morgan fingerprint density at radius 2 is 2.06 bits per heavy atom. The molecular formula is C23H26ClN7O2. The van der Waals surface area contributed by atoms with E-state index in [1.54, 1.807) is 10.9 Å². The number of fused-ring (bicyclic) bond motifs is 1. The van der Waals surface area contributed by atoms with Crippen LogP contribution in [0.1, 0.15) is 12.6 Å². The summed E-state index contributed by atoms with van der Waals surface area (Å²) in [4.78, 5) is 26.2. The number of amidine groups is 1. The molecule has 0 atom stereocenters. The summed E-state index contributed by atoms with van der Waals surface area (Å²) in [5, 5.41) is 9.44. The van der Waals surface area contributed by atoms with Gasteiger partial charge in [0.2, 0.25) is 5.91 Å². The summed E-state index contributed by atoms with van der Waals surface area (Å²) in [5.74, 6) is 1.48. The van der Waals surface area contributed by atoms with Gasteiger partial charge in [0.15, 0.2) is 5.65 Å². The number of carbonyl (C=O) groups is 1. The SMILES string of the molecule is CCOc1cc(N2CCN(C(=O)Cn3nc(C4=NCCN4)c4cccnc43)CC2)ccc1Cl. The first-order valence-electron chi connectivity index (χ1n) is 11.2. The van der Waals surface area contributed by atoms with Crippen molar-refractivity contribution in [2.75, 3.05) is 50.8 Å². The van der Waals surface area contributed by atoms with Crippen molar-refractivity contribution in [3.8, 4) is 5.75 Å². The van der Waals surface area contributed by atoms with Crippen LogP contribution in [0.25, 0.3) is 11.0 Å². The zero-order valence-corrected chi connectivity index (χ0v) is 19.3. The van der Waals surface area contributed by atoms with Crippen LogP contribution in [0.2, 0.25) is 5.02 Å². The van der Waals surface area contributed by atoms with E-state index < -0.39 is 0 Å². The van der Waals surface area contributed by atoms with Crippen molar-refractivity contribution in [3.05, 3.63) is 47.2 Å². The maximum Gasteiger partial charge on any atom is 0.244 e. The van der Waals surface area contributed by atoms with Gasteiger partial charge in [-0.3, -0.25) is 9.79 Å². The molecule has 5 rings (SSSR count). The number of ether oxygens (including phenoxy) is 1. The number of piperazine rings is 1. The lowest BCUT2D eigenvalue weighted by molar-refractivity contribution is -0.132. The first-order valence-corrected chi connectivity index (χ1v) is 11.6. The summed E-state index contributed by atoms with van der Waals surface area (Å²) in [6, 6.07) is 9.66.